The molecule has 1 amide bonds. The Kier molecular flexibility index (Phi) is 3.99. The molecule has 0 rings (SSSR count). The molecule has 0 heterocycles. The summed E-state index contributed by atoms with van der Waals surface area (Å²) in [6.45, 7) is 3.12. The van der Waals surface area contributed by atoms with Crippen LogP contribution in [-0.4, -0.2) is 23.5 Å². The molecule has 0 atom stereocenters. The molecular formula is C9H13NO3. The van der Waals surface area contributed by atoms with Gasteiger partial charge in [0.1, 0.15) is 0 Å². The van der Waals surface area contributed by atoms with E-state index in [0.717, 1.165) is 0 Å². The van der Waals surface area contributed by atoms with E-state index in [2.05, 4.69) is 11.2 Å². The van der Waals surface area contributed by atoms with Crippen molar-refractivity contribution in [2.45, 2.75) is 20.3 Å². The van der Waals surface area contributed by atoms with Crippen LogP contribution in [0.15, 0.2) is 0 Å². The second-order valence-corrected chi connectivity index (χ2v) is 3.35. The molecule has 0 aromatic carbocycles. The van der Waals surface area contributed by atoms with Crippen LogP contribution in [-0.2, 0) is 9.59 Å². The third-order valence-corrected chi connectivity index (χ3v) is 1.57. The summed E-state index contributed by atoms with van der Waals surface area (Å²) in [5.41, 5.74) is -1.04. The molecular weight excluding hydrogens is 170 g/mol. The van der Waals surface area contributed by atoms with Crippen LogP contribution in [0, 0.1) is 17.8 Å². The fraction of sp³-hybridized carbons (Fsp3) is 0.556. The first-order valence-corrected chi connectivity index (χ1v) is 3.83. The molecule has 0 saturated heterocycles. The zero-order chi connectivity index (χ0) is 10.5. The van der Waals surface area contributed by atoms with Gasteiger partial charge >= 0.3 is 5.97 Å². The Hall–Kier alpha value is -1.50. The summed E-state index contributed by atoms with van der Waals surface area (Å²) < 4.78 is 0. The van der Waals surface area contributed by atoms with Gasteiger partial charge in [-0.3, -0.25) is 9.59 Å². The molecule has 4 heteroatoms. The number of aliphatic carboxylic acids is 1. The number of carboxylic acid groups (broad SMARTS) is 1. The maximum absolute atomic E-state index is 11.1. The van der Waals surface area contributed by atoms with Crippen LogP contribution in [0.4, 0.5) is 0 Å². The Morgan fingerprint density at radius 1 is 1.54 bits per heavy atom. The first kappa shape index (κ1) is 11.5. The summed E-state index contributed by atoms with van der Waals surface area (Å²) in [7, 11) is 0. The quantitative estimate of drug-likeness (QED) is 0.613. The number of rotatable bonds is 4. The molecule has 0 radical (unpaired) electrons. The lowest BCUT2D eigenvalue weighted by Gasteiger charge is -2.17. The molecule has 0 saturated carbocycles. The zero-order valence-corrected chi connectivity index (χ0v) is 7.76. The van der Waals surface area contributed by atoms with Crippen molar-refractivity contribution in [1.29, 1.82) is 0 Å². The smallest absolute Gasteiger partial charge is 0.309 e. The van der Waals surface area contributed by atoms with E-state index in [4.69, 9.17) is 11.5 Å². The summed E-state index contributed by atoms with van der Waals surface area (Å²) >= 11 is 0. The minimum Gasteiger partial charge on any atom is -0.481 e. The maximum Gasteiger partial charge on any atom is 0.309 e. The SMILES string of the molecule is C#CCNC(=O)CC(C)(C)C(=O)O. The molecule has 13 heavy (non-hydrogen) atoms. The highest BCUT2D eigenvalue weighted by molar-refractivity contribution is 5.84. The van der Waals surface area contributed by atoms with Crippen molar-refractivity contribution in [3.63, 3.8) is 0 Å². The molecule has 0 aromatic heterocycles. The molecule has 2 N–H and O–H groups in total. The molecule has 0 aromatic rings. The lowest BCUT2D eigenvalue weighted by Crippen LogP contribution is -2.33. The highest BCUT2D eigenvalue weighted by Gasteiger charge is 2.29. The van der Waals surface area contributed by atoms with Crippen LogP contribution in [0.25, 0.3) is 0 Å². The highest BCUT2D eigenvalue weighted by Crippen LogP contribution is 2.19. The van der Waals surface area contributed by atoms with Gasteiger partial charge in [-0.1, -0.05) is 5.92 Å². The Bertz CT molecular complexity index is 250. The van der Waals surface area contributed by atoms with Crippen LogP contribution >= 0.6 is 0 Å². The molecule has 0 aliphatic rings. The standard InChI is InChI=1S/C9H13NO3/c1-4-5-10-7(11)6-9(2,3)8(12)13/h1H,5-6H2,2-3H3,(H,10,11)(H,12,13). The van der Waals surface area contributed by atoms with Gasteiger partial charge in [0.15, 0.2) is 0 Å². The number of hydrogen-bond acceptors (Lipinski definition) is 2. The molecule has 72 valence electrons. The van der Waals surface area contributed by atoms with Crippen LogP contribution in [0.3, 0.4) is 0 Å². The fourth-order valence-corrected chi connectivity index (χ4v) is 0.689. The number of carbonyl (C=O) groups is 2. The van der Waals surface area contributed by atoms with Crippen molar-refractivity contribution in [2.24, 2.45) is 5.41 Å². The van der Waals surface area contributed by atoms with Crippen LogP contribution in [0.5, 0.6) is 0 Å². The van der Waals surface area contributed by atoms with E-state index in [9.17, 15) is 9.59 Å². The minimum atomic E-state index is -1.04. The average molecular weight is 183 g/mol. The van der Waals surface area contributed by atoms with Crippen molar-refractivity contribution in [3.8, 4) is 12.3 Å². The maximum atomic E-state index is 11.1. The third-order valence-electron chi connectivity index (χ3n) is 1.57. The number of hydrogen-bond donors (Lipinski definition) is 2. The largest absolute Gasteiger partial charge is 0.481 e. The van der Waals surface area contributed by atoms with E-state index in [0.29, 0.717) is 0 Å². The van der Waals surface area contributed by atoms with Crippen molar-refractivity contribution < 1.29 is 14.7 Å². The number of carbonyl (C=O) groups excluding carboxylic acids is 1. The Morgan fingerprint density at radius 3 is 2.46 bits per heavy atom. The van der Waals surface area contributed by atoms with Gasteiger partial charge in [-0.25, -0.2) is 0 Å². The lowest BCUT2D eigenvalue weighted by molar-refractivity contribution is -0.149. The Morgan fingerprint density at radius 2 is 2.08 bits per heavy atom. The first-order chi connectivity index (χ1) is 5.90. The molecule has 0 fully saturated rings. The molecule has 0 unspecified atom stereocenters. The molecule has 0 aliphatic carbocycles. The van der Waals surface area contributed by atoms with Crippen molar-refractivity contribution in [3.05, 3.63) is 0 Å². The lowest BCUT2D eigenvalue weighted by atomic mass is 9.89. The van der Waals surface area contributed by atoms with Crippen molar-refractivity contribution in [2.75, 3.05) is 6.54 Å². The van der Waals surface area contributed by atoms with E-state index in [1.165, 1.54) is 13.8 Å². The van der Waals surface area contributed by atoms with Gasteiger partial charge in [0, 0.05) is 6.42 Å². The van der Waals surface area contributed by atoms with Gasteiger partial charge in [0.05, 0.1) is 12.0 Å². The van der Waals surface area contributed by atoms with Crippen LogP contribution in [0.1, 0.15) is 20.3 Å². The Labute approximate surface area is 77.3 Å². The normalized spacial score (nSPS) is 10.2. The van der Waals surface area contributed by atoms with E-state index in [-0.39, 0.29) is 18.9 Å². The average Bonchev–Trinajstić information content (AvgIpc) is 1.99. The summed E-state index contributed by atoms with van der Waals surface area (Å²) in [6, 6.07) is 0. The zero-order valence-electron chi connectivity index (χ0n) is 7.76. The van der Waals surface area contributed by atoms with Crippen molar-refractivity contribution >= 4 is 11.9 Å². The van der Waals surface area contributed by atoms with Gasteiger partial charge in [-0.05, 0) is 13.8 Å². The second-order valence-electron chi connectivity index (χ2n) is 3.35. The minimum absolute atomic E-state index is 0.0655. The summed E-state index contributed by atoms with van der Waals surface area (Å²) in [5.74, 6) is 0.895. The molecule has 0 spiro atoms. The number of carboxylic acids is 1. The van der Waals surface area contributed by atoms with E-state index in [1.807, 2.05) is 0 Å². The highest BCUT2D eigenvalue weighted by atomic mass is 16.4. The predicted octanol–water partition coefficient (Wildman–Crippen LogP) is 0.237. The summed E-state index contributed by atoms with van der Waals surface area (Å²) in [6.07, 6.45) is 4.85. The van der Waals surface area contributed by atoms with Gasteiger partial charge in [0.2, 0.25) is 5.91 Å². The second kappa shape index (κ2) is 4.51. The summed E-state index contributed by atoms with van der Waals surface area (Å²) in [4.78, 5) is 21.7. The number of nitrogens with one attached hydrogen (secondary N) is 1. The Balaban J connectivity index is 4.06. The van der Waals surface area contributed by atoms with Gasteiger partial charge < -0.3 is 10.4 Å². The van der Waals surface area contributed by atoms with Gasteiger partial charge in [0.25, 0.3) is 0 Å². The number of terminal acetylenes is 1. The third kappa shape index (κ3) is 4.16. The predicted molar refractivity (Wildman–Crippen MR) is 47.9 cm³/mol. The number of amides is 1. The van der Waals surface area contributed by atoms with Gasteiger partial charge in [-0.2, -0.15) is 0 Å². The molecule has 4 nitrogen and oxygen atoms in total. The van der Waals surface area contributed by atoms with Crippen LogP contribution in [0.2, 0.25) is 0 Å². The first-order valence-electron chi connectivity index (χ1n) is 3.83. The topological polar surface area (TPSA) is 66.4 Å². The van der Waals surface area contributed by atoms with Crippen LogP contribution < -0.4 is 5.32 Å². The van der Waals surface area contributed by atoms with Gasteiger partial charge in [-0.15, -0.1) is 6.42 Å². The monoisotopic (exact) mass is 183 g/mol. The van der Waals surface area contributed by atoms with E-state index in [1.54, 1.807) is 0 Å². The summed E-state index contributed by atoms with van der Waals surface area (Å²) in [5, 5.41) is 11.1. The van der Waals surface area contributed by atoms with E-state index >= 15 is 0 Å². The fourth-order valence-electron chi connectivity index (χ4n) is 0.689. The molecule has 0 aliphatic heterocycles. The van der Waals surface area contributed by atoms with Crippen molar-refractivity contribution in [1.82, 2.24) is 5.32 Å². The van der Waals surface area contributed by atoms with E-state index < -0.39 is 11.4 Å². The molecule has 0 bridgehead atoms.